The zero-order valence-electron chi connectivity index (χ0n) is 28.4. The third-order valence-electron chi connectivity index (χ3n) is 7.77. The Hall–Kier alpha value is -3.53. The highest BCUT2D eigenvalue weighted by Gasteiger charge is 2.56. The van der Waals surface area contributed by atoms with Crippen LogP contribution in [0, 0.1) is 0 Å². The maximum atomic E-state index is 12.4. The predicted molar refractivity (Wildman–Crippen MR) is 175 cm³/mol. The standard InChI is InChI=1S/C35H44O13S/c1-20-28(41-17-25-13-9-7-10-14-25)30(42-18-26-15-11-8-12-16-26)33(35(43-20)49-6)48-34-32(46-24(5)39)31(45-23(4)38)29(44-22(3)37)27(47-34)19-40-21(2)36/h7-16,20,27-35H,17-19H2,1-6H3/t20-,27-,28-,29-,30+,31+,32+,33+,34-,35-/m0/s1. The molecule has 2 aromatic carbocycles. The molecule has 0 bridgehead atoms. The topological polar surface area (TPSA) is 151 Å². The average molecular weight is 705 g/mol. The number of rotatable bonds is 14. The van der Waals surface area contributed by atoms with Gasteiger partial charge in [0.05, 0.1) is 19.3 Å². The first-order valence-electron chi connectivity index (χ1n) is 15.9. The molecule has 0 N–H and O–H groups in total. The van der Waals surface area contributed by atoms with E-state index in [1.54, 1.807) is 0 Å². The molecule has 14 heteroatoms. The molecule has 10 atom stereocenters. The van der Waals surface area contributed by atoms with E-state index in [0.717, 1.165) is 25.0 Å². The average Bonchev–Trinajstić information content (AvgIpc) is 3.06. The molecule has 268 valence electrons. The van der Waals surface area contributed by atoms with Crippen LogP contribution in [0.4, 0.5) is 0 Å². The first-order chi connectivity index (χ1) is 23.5. The maximum absolute atomic E-state index is 12.4. The van der Waals surface area contributed by atoms with Crippen molar-refractivity contribution in [3.8, 4) is 0 Å². The van der Waals surface area contributed by atoms with Crippen LogP contribution in [0.25, 0.3) is 0 Å². The van der Waals surface area contributed by atoms with Crippen LogP contribution in [-0.2, 0) is 75.0 Å². The van der Waals surface area contributed by atoms with Crippen molar-refractivity contribution in [3.05, 3.63) is 71.8 Å². The van der Waals surface area contributed by atoms with Crippen LogP contribution in [0.5, 0.6) is 0 Å². The maximum Gasteiger partial charge on any atom is 0.303 e. The third-order valence-corrected chi connectivity index (χ3v) is 8.61. The van der Waals surface area contributed by atoms with Gasteiger partial charge in [0.15, 0.2) is 24.6 Å². The first-order valence-corrected chi connectivity index (χ1v) is 17.2. The zero-order chi connectivity index (χ0) is 35.5. The fraction of sp³-hybridized carbons (Fsp3) is 0.543. The first kappa shape index (κ1) is 38.3. The molecule has 2 aromatic rings. The summed E-state index contributed by atoms with van der Waals surface area (Å²) in [6, 6.07) is 19.2. The van der Waals surface area contributed by atoms with Gasteiger partial charge in [-0.3, -0.25) is 19.2 Å². The Morgan fingerprint density at radius 1 is 0.633 bits per heavy atom. The molecule has 0 radical (unpaired) electrons. The molecule has 0 spiro atoms. The number of esters is 4. The molecule has 49 heavy (non-hydrogen) atoms. The van der Waals surface area contributed by atoms with Gasteiger partial charge in [0, 0.05) is 27.7 Å². The zero-order valence-corrected chi connectivity index (χ0v) is 29.2. The molecule has 4 rings (SSSR count). The largest absolute Gasteiger partial charge is 0.463 e. The van der Waals surface area contributed by atoms with Gasteiger partial charge in [-0.2, -0.15) is 0 Å². The second kappa shape index (κ2) is 18.5. The molecule has 2 fully saturated rings. The lowest BCUT2D eigenvalue weighted by Gasteiger charge is -2.49. The van der Waals surface area contributed by atoms with Crippen LogP contribution < -0.4 is 0 Å². The van der Waals surface area contributed by atoms with Crippen LogP contribution in [0.3, 0.4) is 0 Å². The Balaban J connectivity index is 1.73. The number of hydrogen-bond donors (Lipinski definition) is 0. The van der Waals surface area contributed by atoms with Gasteiger partial charge in [-0.05, 0) is 24.3 Å². The minimum absolute atomic E-state index is 0.211. The molecule has 0 amide bonds. The molecule has 0 saturated carbocycles. The number of benzene rings is 2. The van der Waals surface area contributed by atoms with E-state index in [9.17, 15) is 19.2 Å². The van der Waals surface area contributed by atoms with Crippen molar-refractivity contribution in [2.45, 2.75) is 108 Å². The fourth-order valence-corrected chi connectivity index (χ4v) is 6.49. The van der Waals surface area contributed by atoms with E-state index >= 15 is 0 Å². The molecule has 2 aliphatic rings. The summed E-state index contributed by atoms with van der Waals surface area (Å²) in [6.45, 7) is 6.67. The van der Waals surface area contributed by atoms with E-state index in [-0.39, 0.29) is 13.2 Å². The molecule has 0 aromatic heterocycles. The summed E-state index contributed by atoms with van der Waals surface area (Å²) in [5.74, 6) is -2.85. The Bertz CT molecular complexity index is 1380. The van der Waals surface area contributed by atoms with E-state index in [4.69, 9.17) is 42.6 Å². The van der Waals surface area contributed by atoms with Gasteiger partial charge in [0.1, 0.15) is 36.5 Å². The minimum Gasteiger partial charge on any atom is -0.463 e. The van der Waals surface area contributed by atoms with Gasteiger partial charge in [-0.15, -0.1) is 11.8 Å². The fourth-order valence-electron chi connectivity index (χ4n) is 5.71. The lowest BCUT2D eigenvalue weighted by Crippen LogP contribution is -2.65. The van der Waals surface area contributed by atoms with Gasteiger partial charge in [0.2, 0.25) is 0 Å². The molecular formula is C35H44O13S. The van der Waals surface area contributed by atoms with Gasteiger partial charge >= 0.3 is 23.9 Å². The third kappa shape index (κ3) is 11.0. The normalized spacial score (nSPS) is 29.8. The number of ether oxygens (including phenoxy) is 9. The second-order valence-corrected chi connectivity index (χ2v) is 12.6. The van der Waals surface area contributed by atoms with Crippen molar-refractivity contribution in [3.63, 3.8) is 0 Å². The van der Waals surface area contributed by atoms with Gasteiger partial charge in [-0.1, -0.05) is 60.7 Å². The summed E-state index contributed by atoms with van der Waals surface area (Å²) in [4.78, 5) is 48.8. The summed E-state index contributed by atoms with van der Waals surface area (Å²) in [7, 11) is 0. The Morgan fingerprint density at radius 2 is 1.14 bits per heavy atom. The monoisotopic (exact) mass is 704 g/mol. The number of carbonyl (C=O) groups is 4. The quantitative estimate of drug-likeness (QED) is 0.207. The van der Waals surface area contributed by atoms with Gasteiger partial charge in [0.25, 0.3) is 0 Å². The summed E-state index contributed by atoms with van der Waals surface area (Å²) in [6.07, 6.45) is -7.63. The van der Waals surface area contributed by atoms with Crippen LogP contribution in [0.2, 0.25) is 0 Å². The highest BCUT2D eigenvalue weighted by molar-refractivity contribution is 7.99. The van der Waals surface area contributed by atoms with Crippen molar-refractivity contribution < 1.29 is 61.8 Å². The number of thioether (sulfide) groups is 1. The minimum atomic E-state index is -1.44. The highest BCUT2D eigenvalue weighted by atomic mass is 32.2. The molecule has 2 aliphatic heterocycles. The molecular weight excluding hydrogens is 660 g/mol. The van der Waals surface area contributed by atoms with Crippen molar-refractivity contribution >= 4 is 35.6 Å². The summed E-state index contributed by atoms with van der Waals surface area (Å²) in [5.41, 5.74) is 1.23. The molecule has 13 nitrogen and oxygen atoms in total. The predicted octanol–water partition coefficient (Wildman–Crippen LogP) is 3.73. The Morgan fingerprint density at radius 3 is 1.65 bits per heavy atom. The summed E-state index contributed by atoms with van der Waals surface area (Å²) in [5, 5.41) is 0. The van der Waals surface area contributed by atoms with Crippen molar-refractivity contribution in [1.29, 1.82) is 0 Å². The van der Waals surface area contributed by atoms with E-state index in [2.05, 4.69) is 0 Å². The Kier molecular flexibility index (Phi) is 14.4. The van der Waals surface area contributed by atoms with Crippen LogP contribution in [-0.4, -0.2) is 97.3 Å². The van der Waals surface area contributed by atoms with E-state index in [1.807, 2.05) is 73.8 Å². The van der Waals surface area contributed by atoms with E-state index in [0.29, 0.717) is 0 Å². The Labute approximate surface area is 290 Å². The number of hydrogen-bond acceptors (Lipinski definition) is 14. The van der Waals surface area contributed by atoms with Crippen LogP contribution in [0.15, 0.2) is 60.7 Å². The molecule has 0 unspecified atom stereocenters. The van der Waals surface area contributed by atoms with Crippen molar-refractivity contribution in [2.24, 2.45) is 0 Å². The van der Waals surface area contributed by atoms with E-state index in [1.165, 1.54) is 25.6 Å². The lowest BCUT2D eigenvalue weighted by molar-refractivity contribution is -0.341. The molecule has 2 heterocycles. The lowest BCUT2D eigenvalue weighted by atomic mass is 9.97. The van der Waals surface area contributed by atoms with Crippen molar-refractivity contribution in [2.75, 3.05) is 12.9 Å². The molecule has 2 saturated heterocycles. The summed E-state index contributed by atoms with van der Waals surface area (Å²) >= 11 is 1.37. The van der Waals surface area contributed by atoms with Crippen LogP contribution >= 0.6 is 11.8 Å². The second-order valence-electron chi connectivity index (χ2n) is 11.6. The smallest absolute Gasteiger partial charge is 0.303 e. The van der Waals surface area contributed by atoms with Crippen LogP contribution in [0.1, 0.15) is 45.7 Å². The van der Waals surface area contributed by atoms with Gasteiger partial charge < -0.3 is 42.6 Å². The molecule has 0 aliphatic carbocycles. The summed E-state index contributed by atoms with van der Waals surface area (Å²) < 4.78 is 54.3. The SMILES string of the molecule is CS[C@@H]1O[C@@H](C)[C@H](OCc2ccccc2)[C@@H](OCc2ccccc2)[C@H]1O[C@@H]1O[C@@H](COC(C)=O)[C@H](OC(C)=O)[C@@H](OC(C)=O)[C@H]1OC(C)=O. The van der Waals surface area contributed by atoms with Crippen molar-refractivity contribution in [1.82, 2.24) is 0 Å². The number of carbonyl (C=O) groups excluding carboxylic acids is 4. The highest BCUT2D eigenvalue weighted by Crippen LogP contribution is 2.37. The van der Waals surface area contributed by atoms with E-state index < -0.39 is 91.0 Å². The van der Waals surface area contributed by atoms with Gasteiger partial charge in [-0.25, -0.2) is 0 Å².